The summed E-state index contributed by atoms with van der Waals surface area (Å²) in [5.74, 6) is 0. The van der Waals surface area contributed by atoms with Crippen LogP contribution in [0.1, 0.15) is 23.6 Å². The van der Waals surface area contributed by atoms with Gasteiger partial charge in [-0.1, -0.05) is 53.2 Å². The van der Waals surface area contributed by atoms with Gasteiger partial charge in [0.2, 0.25) is 0 Å². The predicted molar refractivity (Wildman–Crippen MR) is 70.7 cm³/mol. The van der Waals surface area contributed by atoms with Crippen molar-refractivity contribution < 1.29 is 0 Å². The molecule has 2 aromatic carbocycles. The van der Waals surface area contributed by atoms with E-state index in [1.54, 1.807) is 0 Å². The lowest BCUT2D eigenvalue weighted by Gasteiger charge is -2.07. The summed E-state index contributed by atoms with van der Waals surface area (Å²) in [7, 11) is 0. The molecule has 0 heterocycles. The molecule has 0 N–H and O–H groups in total. The van der Waals surface area contributed by atoms with Crippen LogP contribution in [0.2, 0.25) is 0 Å². The Morgan fingerprint density at radius 3 is 2.53 bits per heavy atom. The van der Waals surface area contributed by atoms with Crippen LogP contribution in [-0.2, 0) is 11.8 Å². The van der Waals surface area contributed by atoms with Gasteiger partial charge in [-0.15, -0.1) is 0 Å². The molecule has 2 rings (SSSR count). The molecular weight excluding hydrogens is 248 g/mol. The molecule has 15 heavy (non-hydrogen) atoms. The molecule has 2 aromatic rings. The van der Waals surface area contributed by atoms with E-state index >= 15 is 0 Å². The van der Waals surface area contributed by atoms with Crippen LogP contribution in [-0.4, -0.2) is 0 Å². The molecule has 0 aliphatic rings. The van der Waals surface area contributed by atoms with Gasteiger partial charge in [0.05, 0.1) is 0 Å². The number of benzene rings is 2. The third-order valence-electron chi connectivity index (χ3n) is 2.89. The second-order valence-corrected chi connectivity index (χ2v) is 4.51. The fourth-order valence-electron chi connectivity index (χ4n) is 1.97. The number of rotatable bonds is 2. The highest BCUT2D eigenvalue weighted by atomic mass is 79.9. The van der Waals surface area contributed by atoms with Gasteiger partial charge in [-0.2, -0.15) is 0 Å². The predicted octanol–water partition coefficient (Wildman–Crippen LogP) is 4.61. The van der Waals surface area contributed by atoms with Crippen LogP contribution in [0.15, 0.2) is 30.3 Å². The molecule has 0 radical (unpaired) electrons. The third-order valence-corrected chi connectivity index (χ3v) is 3.54. The van der Waals surface area contributed by atoms with Crippen LogP contribution in [0.3, 0.4) is 0 Å². The quantitative estimate of drug-likeness (QED) is 0.694. The van der Waals surface area contributed by atoms with E-state index in [1.165, 1.54) is 27.5 Å². The molecule has 1 heteroatoms. The van der Waals surface area contributed by atoms with E-state index in [9.17, 15) is 0 Å². The van der Waals surface area contributed by atoms with E-state index in [0.29, 0.717) is 0 Å². The van der Waals surface area contributed by atoms with Crippen LogP contribution in [0.5, 0.6) is 0 Å². The van der Waals surface area contributed by atoms with E-state index in [4.69, 9.17) is 0 Å². The van der Waals surface area contributed by atoms with Crippen molar-refractivity contribution in [3.8, 4) is 0 Å². The molecule has 0 spiro atoms. The largest absolute Gasteiger partial charge is 0.0876 e. The van der Waals surface area contributed by atoms with Crippen LogP contribution >= 0.6 is 15.9 Å². The van der Waals surface area contributed by atoms with E-state index in [2.05, 4.69) is 60.1 Å². The van der Waals surface area contributed by atoms with Gasteiger partial charge in [-0.25, -0.2) is 0 Å². The van der Waals surface area contributed by atoms with Gasteiger partial charge < -0.3 is 0 Å². The van der Waals surface area contributed by atoms with Gasteiger partial charge >= 0.3 is 0 Å². The van der Waals surface area contributed by atoms with Crippen molar-refractivity contribution >= 4 is 26.7 Å². The zero-order chi connectivity index (χ0) is 10.8. The first-order chi connectivity index (χ1) is 7.24. The molecule has 0 aliphatic heterocycles. The maximum atomic E-state index is 3.49. The van der Waals surface area contributed by atoms with Gasteiger partial charge in [0, 0.05) is 5.33 Å². The zero-order valence-corrected chi connectivity index (χ0v) is 10.8. The Labute approximate surface area is 99.4 Å². The maximum absolute atomic E-state index is 3.49. The van der Waals surface area contributed by atoms with Crippen LogP contribution < -0.4 is 0 Å². The average molecular weight is 263 g/mol. The molecular formula is C14H15Br. The minimum atomic E-state index is 0.928. The van der Waals surface area contributed by atoms with Crippen LogP contribution in [0.25, 0.3) is 10.8 Å². The minimum absolute atomic E-state index is 0.928. The Balaban J connectivity index is 2.65. The third kappa shape index (κ3) is 2.07. The number of hydrogen-bond acceptors (Lipinski definition) is 0. The molecule has 0 bridgehead atoms. The number of halogens is 1. The Hall–Kier alpha value is -0.820. The van der Waals surface area contributed by atoms with E-state index in [1.807, 2.05) is 0 Å². The van der Waals surface area contributed by atoms with Gasteiger partial charge in [-0.05, 0) is 40.8 Å². The normalized spacial score (nSPS) is 10.9. The molecule has 0 aliphatic carbocycles. The summed E-state index contributed by atoms with van der Waals surface area (Å²) in [6.07, 6.45) is 1.11. The monoisotopic (exact) mass is 262 g/mol. The molecule has 0 fully saturated rings. The van der Waals surface area contributed by atoms with Crippen molar-refractivity contribution in [1.82, 2.24) is 0 Å². The first-order valence-corrected chi connectivity index (χ1v) is 6.45. The van der Waals surface area contributed by atoms with Crippen molar-refractivity contribution in [2.45, 2.75) is 25.6 Å². The molecule has 0 aromatic heterocycles. The first-order valence-electron chi connectivity index (χ1n) is 5.32. The first kappa shape index (κ1) is 10.7. The maximum Gasteiger partial charge on any atom is 0.0283 e. The lowest BCUT2D eigenvalue weighted by molar-refractivity contribution is 1.12. The second kappa shape index (κ2) is 4.36. The van der Waals surface area contributed by atoms with Gasteiger partial charge in [0.1, 0.15) is 0 Å². The molecule has 0 amide bonds. The minimum Gasteiger partial charge on any atom is -0.0876 e. The summed E-state index contributed by atoms with van der Waals surface area (Å²) in [6, 6.07) is 11.3. The Morgan fingerprint density at radius 2 is 1.87 bits per heavy atom. The summed E-state index contributed by atoms with van der Waals surface area (Å²) < 4.78 is 0. The smallest absolute Gasteiger partial charge is 0.0283 e. The topological polar surface area (TPSA) is 0 Å². The highest BCUT2D eigenvalue weighted by Crippen LogP contribution is 2.22. The molecule has 0 saturated carbocycles. The number of alkyl halides is 1. The van der Waals surface area contributed by atoms with Crippen LogP contribution in [0.4, 0.5) is 0 Å². The molecule has 0 unspecified atom stereocenters. The summed E-state index contributed by atoms with van der Waals surface area (Å²) in [5, 5.41) is 3.63. The highest BCUT2D eigenvalue weighted by Gasteiger charge is 2.00. The Bertz CT molecular complexity index is 486. The van der Waals surface area contributed by atoms with Crippen molar-refractivity contribution in [3.63, 3.8) is 0 Å². The molecule has 78 valence electrons. The molecule has 0 saturated heterocycles. The number of aryl methyl sites for hydroxylation is 2. The summed E-state index contributed by atoms with van der Waals surface area (Å²) in [5.41, 5.74) is 4.19. The fourth-order valence-corrected chi connectivity index (χ4v) is 2.32. The van der Waals surface area contributed by atoms with Gasteiger partial charge in [0.15, 0.2) is 0 Å². The van der Waals surface area contributed by atoms with E-state index in [-0.39, 0.29) is 0 Å². The van der Waals surface area contributed by atoms with Crippen molar-refractivity contribution in [2.75, 3.05) is 0 Å². The second-order valence-electron chi connectivity index (χ2n) is 3.95. The number of hydrogen-bond donors (Lipinski definition) is 0. The average Bonchev–Trinajstić information content (AvgIpc) is 2.27. The van der Waals surface area contributed by atoms with Crippen molar-refractivity contribution in [3.05, 3.63) is 47.0 Å². The lowest BCUT2D eigenvalue weighted by Crippen LogP contribution is -1.87. The zero-order valence-electron chi connectivity index (χ0n) is 9.18. The Morgan fingerprint density at radius 1 is 1.07 bits per heavy atom. The van der Waals surface area contributed by atoms with Crippen molar-refractivity contribution in [2.24, 2.45) is 0 Å². The Kier molecular flexibility index (Phi) is 3.11. The highest BCUT2D eigenvalue weighted by molar-refractivity contribution is 9.08. The SMILES string of the molecule is CCc1cc2ccc(CBr)cc2cc1C. The number of fused-ring (bicyclic) bond motifs is 1. The summed E-state index contributed by atoms with van der Waals surface area (Å²) in [6.45, 7) is 4.40. The van der Waals surface area contributed by atoms with Crippen molar-refractivity contribution in [1.29, 1.82) is 0 Å². The van der Waals surface area contributed by atoms with E-state index < -0.39 is 0 Å². The fraction of sp³-hybridized carbons (Fsp3) is 0.286. The van der Waals surface area contributed by atoms with Gasteiger partial charge in [0.25, 0.3) is 0 Å². The van der Waals surface area contributed by atoms with Gasteiger partial charge in [-0.3, -0.25) is 0 Å². The molecule has 0 nitrogen and oxygen atoms in total. The summed E-state index contributed by atoms with van der Waals surface area (Å²) >= 11 is 3.49. The summed E-state index contributed by atoms with van der Waals surface area (Å²) in [4.78, 5) is 0. The molecule has 0 atom stereocenters. The lowest BCUT2D eigenvalue weighted by atomic mass is 9.99. The van der Waals surface area contributed by atoms with E-state index in [0.717, 1.165) is 11.8 Å². The van der Waals surface area contributed by atoms with Crippen LogP contribution in [0, 0.1) is 6.92 Å². The standard InChI is InChI=1S/C14H15Br/c1-3-12-8-13-5-4-11(9-15)7-14(13)6-10(12)2/h4-8H,3,9H2,1-2H3.